The van der Waals surface area contributed by atoms with E-state index in [2.05, 4.69) is 21.9 Å². The highest BCUT2D eigenvalue weighted by molar-refractivity contribution is 5.77. The lowest BCUT2D eigenvalue weighted by atomic mass is 10.0. The lowest BCUT2D eigenvalue weighted by molar-refractivity contribution is -0.132. The predicted octanol–water partition coefficient (Wildman–Crippen LogP) is 5.44. The van der Waals surface area contributed by atoms with Gasteiger partial charge < -0.3 is 9.80 Å². The van der Waals surface area contributed by atoms with E-state index in [0.717, 1.165) is 55.7 Å². The summed E-state index contributed by atoms with van der Waals surface area (Å²) in [6.07, 6.45) is 9.60. The number of aryl methyl sites for hydroxylation is 1. The van der Waals surface area contributed by atoms with Crippen LogP contribution in [0.3, 0.4) is 0 Å². The van der Waals surface area contributed by atoms with E-state index in [9.17, 15) is 9.18 Å². The van der Waals surface area contributed by atoms with Crippen molar-refractivity contribution in [2.75, 3.05) is 26.2 Å². The number of nitrogens with zero attached hydrogens (tertiary/aromatic N) is 3. The third-order valence-electron chi connectivity index (χ3n) is 6.83. The van der Waals surface area contributed by atoms with Crippen LogP contribution in [0.5, 0.6) is 0 Å². The molecule has 4 nitrogen and oxygen atoms in total. The first-order chi connectivity index (χ1) is 15.6. The van der Waals surface area contributed by atoms with Gasteiger partial charge in [-0.2, -0.15) is 0 Å². The Morgan fingerprint density at radius 2 is 1.75 bits per heavy atom. The molecule has 0 spiro atoms. The van der Waals surface area contributed by atoms with Gasteiger partial charge in [-0.25, -0.2) is 4.39 Å². The fourth-order valence-electron chi connectivity index (χ4n) is 5.21. The molecule has 0 radical (unpaired) electrons. The van der Waals surface area contributed by atoms with E-state index in [1.54, 1.807) is 0 Å². The summed E-state index contributed by atoms with van der Waals surface area (Å²) in [5.41, 5.74) is 4.22. The lowest BCUT2D eigenvalue weighted by Gasteiger charge is -2.26. The molecule has 1 amide bonds. The lowest BCUT2D eigenvalue weighted by Crippen LogP contribution is -2.32. The average molecular weight is 438 g/mol. The second-order valence-electron chi connectivity index (χ2n) is 9.45. The topological polar surface area (TPSA) is 36.4 Å². The summed E-state index contributed by atoms with van der Waals surface area (Å²) in [5, 5.41) is 0. The number of rotatable bonds is 7. The zero-order chi connectivity index (χ0) is 22.3. The molecule has 5 heteroatoms. The molecule has 1 aromatic carbocycles. The van der Waals surface area contributed by atoms with Crippen molar-refractivity contribution in [3.05, 3.63) is 64.7 Å². The summed E-state index contributed by atoms with van der Waals surface area (Å²) < 4.78 is 13.2. The van der Waals surface area contributed by atoms with Crippen molar-refractivity contribution in [2.45, 2.75) is 70.8 Å². The minimum atomic E-state index is -0.212. The Balaban J connectivity index is 1.38. The maximum atomic E-state index is 13.2. The van der Waals surface area contributed by atoms with Gasteiger partial charge in [0.15, 0.2) is 0 Å². The molecule has 172 valence electrons. The Labute approximate surface area is 191 Å². The Morgan fingerprint density at radius 1 is 1.00 bits per heavy atom. The molecule has 2 aliphatic rings. The maximum absolute atomic E-state index is 13.2. The molecule has 2 saturated heterocycles. The van der Waals surface area contributed by atoms with Crippen LogP contribution in [0.25, 0.3) is 0 Å². The van der Waals surface area contributed by atoms with Gasteiger partial charge in [0.2, 0.25) is 5.91 Å². The molecule has 1 aromatic heterocycles. The monoisotopic (exact) mass is 437 g/mol. The van der Waals surface area contributed by atoms with Crippen LogP contribution in [-0.2, 0) is 11.2 Å². The van der Waals surface area contributed by atoms with Crippen LogP contribution in [0.1, 0.15) is 79.9 Å². The fourth-order valence-corrected chi connectivity index (χ4v) is 5.21. The molecule has 4 rings (SSSR count). The van der Waals surface area contributed by atoms with Crippen LogP contribution in [0.4, 0.5) is 4.39 Å². The second-order valence-corrected chi connectivity index (χ2v) is 9.45. The standard InChI is InChI=1S/C27H36FN3O/c1-21-18-23(19-22-10-12-24(28)13-11-22)20-25(29-21)26-8-6-17-31(26)27(32)9-7-16-30-14-4-2-3-5-15-30/h10-13,18,20,26H,2-9,14-17,19H2,1H3/t26-/m1/s1. The van der Waals surface area contributed by atoms with Crippen LogP contribution in [0.2, 0.25) is 0 Å². The van der Waals surface area contributed by atoms with Crippen molar-refractivity contribution in [1.29, 1.82) is 0 Å². The number of pyridine rings is 1. The van der Waals surface area contributed by atoms with Crippen LogP contribution in [0.15, 0.2) is 36.4 Å². The largest absolute Gasteiger partial charge is 0.334 e. The number of likely N-dealkylation sites (tertiary alicyclic amines) is 2. The Hall–Kier alpha value is -2.27. The van der Waals surface area contributed by atoms with Crippen molar-refractivity contribution < 1.29 is 9.18 Å². The van der Waals surface area contributed by atoms with Crippen LogP contribution < -0.4 is 0 Å². The van der Waals surface area contributed by atoms with E-state index in [4.69, 9.17) is 4.98 Å². The van der Waals surface area contributed by atoms with E-state index in [1.165, 1.54) is 56.5 Å². The SMILES string of the molecule is Cc1cc(Cc2ccc(F)cc2)cc([C@H]2CCCN2C(=O)CCCN2CCCCCC2)n1. The van der Waals surface area contributed by atoms with E-state index in [0.29, 0.717) is 6.42 Å². The molecule has 2 aliphatic heterocycles. The third-order valence-corrected chi connectivity index (χ3v) is 6.83. The molecule has 1 atom stereocenters. The molecule has 2 aromatic rings. The van der Waals surface area contributed by atoms with Crippen molar-refractivity contribution in [3.63, 3.8) is 0 Å². The number of benzene rings is 1. The molecule has 0 aliphatic carbocycles. The van der Waals surface area contributed by atoms with Crippen LogP contribution in [-0.4, -0.2) is 46.9 Å². The highest BCUT2D eigenvalue weighted by atomic mass is 19.1. The van der Waals surface area contributed by atoms with E-state index >= 15 is 0 Å². The minimum absolute atomic E-state index is 0.0764. The smallest absolute Gasteiger partial charge is 0.223 e. The Morgan fingerprint density at radius 3 is 2.50 bits per heavy atom. The van der Waals surface area contributed by atoms with Crippen LogP contribution in [0, 0.1) is 12.7 Å². The van der Waals surface area contributed by atoms with Gasteiger partial charge in [-0.15, -0.1) is 0 Å². The van der Waals surface area contributed by atoms with Crippen molar-refractivity contribution in [1.82, 2.24) is 14.8 Å². The van der Waals surface area contributed by atoms with Gasteiger partial charge in [0, 0.05) is 18.7 Å². The Bertz CT molecular complexity index is 890. The molecule has 0 N–H and O–H groups in total. The van der Waals surface area contributed by atoms with Gasteiger partial charge in [-0.1, -0.05) is 25.0 Å². The molecule has 0 saturated carbocycles. The first-order valence-corrected chi connectivity index (χ1v) is 12.3. The minimum Gasteiger partial charge on any atom is -0.334 e. The molecule has 0 bridgehead atoms. The zero-order valence-corrected chi connectivity index (χ0v) is 19.4. The number of amides is 1. The van der Waals surface area contributed by atoms with E-state index < -0.39 is 0 Å². The molecule has 3 heterocycles. The number of hydrogen-bond acceptors (Lipinski definition) is 3. The van der Waals surface area contributed by atoms with Gasteiger partial charge in [-0.3, -0.25) is 9.78 Å². The quantitative estimate of drug-likeness (QED) is 0.579. The van der Waals surface area contributed by atoms with Gasteiger partial charge in [0.25, 0.3) is 0 Å². The summed E-state index contributed by atoms with van der Waals surface area (Å²) in [7, 11) is 0. The highest BCUT2D eigenvalue weighted by Gasteiger charge is 2.31. The average Bonchev–Trinajstić information content (AvgIpc) is 3.13. The maximum Gasteiger partial charge on any atom is 0.223 e. The van der Waals surface area contributed by atoms with Crippen molar-refractivity contribution in [3.8, 4) is 0 Å². The van der Waals surface area contributed by atoms with Gasteiger partial charge >= 0.3 is 0 Å². The first-order valence-electron chi connectivity index (χ1n) is 12.3. The van der Waals surface area contributed by atoms with Crippen molar-refractivity contribution >= 4 is 5.91 Å². The van der Waals surface area contributed by atoms with Gasteiger partial charge in [0.1, 0.15) is 5.82 Å². The summed E-state index contributed by atoms with van der Waals surface area (Å²) in [4.78, 5) is 22.5. The summed E-state index contributed by atoms with van der Waals surface area (Å²) in [5.74, 6) is 0.0574. The fraction of sp³-hybridized carbons (Fsp3) is 0.556. The van der Waals surface area contributed by atoms with E-state index in [-0.39, 0.29) is 17.8 Å². The van der Waals surface area contributed by atoms with Crippen molar-refractivity contribution in [2.24, 2.45) is 0 Å². The summed E-state index contributed by atoms with van der Waals surface area (Å²) >= 11 is 0. The predicted molar refractivity (Wildman–Crippen MR) is 126 cm³/mol. The molecule has 0 unspecified atom stereocenters. The molecule has 2 fully saturated rings. The molecule has 32 heavy (non-hydrogen) atoms. The third kappa shape index (κ3) is 6.16. The second kappa shape index (κ2) is 11.0. The Kier molecular flexibility index (Phi) is 7.90. The summed E-state index contributed by atoms with van der Waals surface area (Å²) in [6, 6.07) is 11.0. The molecular weight excluding hydrogens is 401 g/mol. The number of aromatic nitrogens is 1. The zero-order valence-electron chi connectivity index (χ0n) is 19.4. The van der Waals surface area contributed by atoms with Gasteiger partial charge in [0.05, 0.1) is 11.7 Å². The van der Waals surface area contributed by atoms with Gasteiger partial charge in [-0.05, 0) is 100 Å². The normalized spacial score (nSPS) is 19.8. The van der Waals surface area contributed by atoms with E-state index in [1.807, 2.05) is 19.1 Å². The number of carbonyl (C=O) groups is 1. The van der Waals surface area contributed by atoms with Crippen LogP contribution >= 0.6 is 0 Å². The summed E-state index contributed by atoms with van der Waals surface area (Å²) in [6.45, 7) is 6.25. The number of carbonyl (C=O) groups excluding carboxylic acids is 1. The number of halogens is 1. The highest BCUT2D eigenvalue weighted by Crippen LogP contribution is 2.32. The first kappa shape index (κ1) is 22.9. The number of hydrogen-bond donors (Lipinski definition) is 0. The molecular formula is C27H36FN3O.